The van der Waals surface area contributed by atoms with Crippen LogP contribution in [-0.2, 0) is 16.0 Å². The molecule has 0 aliphatic heterocycles. The monoisotopic (exact) mass is 393 g/mol. The minimum atomic E-state index is -0.0795. The first-order valence-electron chi connectivity index (χ1n) is 9.25. The third-order valence-corrected chi connectivity index (χ3v) is 5.07. The number of aromatic nitrogens is 1. The lowest BCUT2D eigenvalue weighted by atomic mass is 10.1. The van der Waals surface area contributed by atoms with Gasteiger partial charge in [-0.3, -0.25) is 9.59 Å². The predicted molar refractivity (Wildman–Crippen MR) is 115 cm³/mol. The Kier molecular flexibility index (Phi) is 6.55. The van der Waals surface area contributed by atoms with E-state index in [0.717, 1.165) is 39.6 Å². The number of para-hydroxylation sites is 1. The Morgan fingerprint density at radius 1 is 1.00 bits per heavy atom. The van der Waals surface area contributed by atoms with E-state index in [9.17, 15) is 9.59 Å². The maximum Gasteiger partial charge on any atom is 0.231 e. The Bertz CT molecular complexity index is 964. The van der Waals surface area contributed by atoms with E-state index in [1.165, 1.54) is 11.3 Å². The number of nitrogens with zero attached hydrogens (tertiary/aromatic N) is 1. The number of nitrogens with one attached hydrogen (secondary N) is 2. The van der Waals surface area contributed by atoms with Crippen LogP contribution in [0.4, 0.5) is 11.4 Å². The molecule has 0 saturated heterocycles. The molecule has 5 nitrogen and oxygen atoms in total. The normalized spacial score (nSPS) is 10.5. The maximum absolute atomic E-state index is 12.3. The number of thiazole rings is 1. The van der Waals surface area contributed by atoms with Gasteiger partial charge in [0.2, 0.25) is 11.8 Å². The van der Waals surface area contributed by atoms with Crippen LogP contribution in [-0.4, -0.2) is 16.8 Å². The summed E-state index contributed by atoms with van der Waals surface area (Å²) in [6.45, 7) is 3.94. The third-order valence-electron chi connectivity index (χ3n) is 4.22. The van der Waals surface area contributed by atoms with Crippen molar-refractivity contribution in [1.82, 2.24) is 4.98 Å². The molecule has 0 aliphatic rings. The van der Waals surface area contributed by atoms with Crippen LogP contribution in [0.25, 0.3) is 11.3 Å². The predicted octanol–water partition coefficient (Wildman–Crippen LogP) is 5.04. The van der Waals surface area contributed by atoms with Crippen molar-refractivity contribution in [3.8, 4) is 11.3 Å². The number of carbonyl (C=O) groups excluding carboxylic acids is 2. The number of amides is 2. The molecule has 0 atom stereocenters. The van der Waals surface area contributed by atoms with Crippen molar-refractivity contribution in [2.45, 2.75) is 33.1 Å². The van der Waals surface area contributed by atoms with Gasteiger partial charge >= 0.3 is 0 Å². The van der Waals surface area contributed by atoms with Gasteiger partial charge in [-0.2, -0.15) is 0 Å². The summed E-state index contributed by atoms with van der Waals surface area (Å²) in [5.41, 5.74) is 4.41. The standard InChI is InChI=1S/C22H23N3O2S/c1-3-6-20(26)23-17-11-9-16(10-12-17)19-14-28-22(25-19)13-21(27)24-18-8-5-4-7-15(18)2/h4-5,7-12,14H,3,6,13H2,1-2H3,(H,23,26)(H,24,27). The number of benzene rings is 2. The van der Waals surface area contributed by atoms with Gasteiger partial charge in [0.25, 0.3) is 0 Å². The fourth-order valence-electron chi connectivity index (χ4n) is 2.74. The molecule has 2 aromatic carbocycles. The van der Waals surface area contributed by atoms with Crippen LogP contribution in [0.3, 0.4) is 0 Å². The highest BCUT2D eigenvalue weighted by atomic mass is 32.1. The highest BCUT2D eigenvalue weighted by molar-refractivity contribution is 7.10. The maximum atomic E-state index is 12.3. The molecule has 3 aromatic rings. The lowest BCUT2D eigenvalue weighted by Crippen LogP contribution is -2.14. The van der Waals surface area contributed by atoms with Crippen LogP contribution in [0.5, 0.6) is 0 Å². The second-order valence-electron chi connectivity index (χ2n) is 6.54. The Morgan fingerprint density at radius 3 is 2.46 bits per heavy atom. The van der Waals surface area contributed by atoms with Gasteiger partial charge in [0.05, 0.1) is 12.1 Å². The van der Waals surface area contributed by atoms with Crippen molar-refractivity contribution in [3.05, 3.63) is 64.5 Å². The Balaban J connectivity index is 1.61. The fraction of sp³-hybridized carbons (Fsp3) is 0.227. The lowest BCUT2D eigenvalue weighted by molar-refractivity contribution is -0.116. The number of anilines is 2. The van der Waals surface area contributed by atoms with Gasteiger partial charge in [-0.05, 0) is 37.1 Å². The van der Waals surface area contributed by atoms with E-state index in [1.54, 1.807) is 0 Å². The van der Waals surface area contributed by atoms with Crippen LogP contribution < -0.4 is 10.6 Å². The van der Waals surface area contributed by atoms with Crippen LogP contribution in [0.2, 0.25) is 0 Å². The zero-order chi connectivity index (χ0) is 19.9. The van der Waals surface area contributed by atoms with Crippen molar-refractivity contribution < 1.29 is 9.59 Å². The lowest BCUT2D eigenvalue weighted by Gasteiger charge is -2.06. The minimum absolute atomic E-state index is 0.0193. The first-order chi connectivity index (χ1) is 13.5. The van der Waals surface area contributed by atoms with Gasteiger partial charge in [0, 0.05) is 28.7 Å². The molecule has 0 radical (unpaired) electrons. The second-order valence-corrected chi connectivity index (χ2v) is 7.48. The molecular weight excluding hydrogens is 370 g/mol. The Labute approximate surface area is 168 Å². The molecule has 3 rings (SSSR count). The van der Waals surface area contributed by atoms with E-state index in [-0.39, 0.29) is 18.2 Å². The molecule has 2 amide bonds. The number of hydrogen-bond donors (Lipinski definition) is 2. The van der Waals surface area contributed by atoms with Crippen LogP contribution in [0.1, 0.15) is 30.3 Å². The molecule has 0 saturated carbocycles. The van der Waals surface area contributed by atoms with E-state index in [0.29, 0.717) is 6.42 Å². The van der Waals surface area contributed by atoms with E-state index in [1.807, 2.05) is 67.8 Å². The average molecular weight is 394 g/mol. The first kappa shape index (κ1) is 19.8. The zero-order valence-electron chi connectivity index (χ0n) is 16.0. The van der Waals surface area contributed by atoms with Gasteiger partial charge in [-0.25, -0.2) is 4.98 Å². The molecule has 0 unspecified atom stereocenters. The molecule has 1 aromatic heterocycles. The molecule has 0 bridgehead atoms. The zero-order valence-corrected chi connectivity index (χ0v) is 16.8. The van der Waals surface area contributed by atoms with Crippen LogP contribution in [0, 0.1) is 6.92 Å². The van der Waals surface area contributed by atoms with E-state index in [2.05, 4.69) is 15.6 Å². The molecule has 6 heteroatoms. The van der Waals surface area contributed by atoms with E-state index in [4.69, 9.17) is 0 Å². The molecule has 1 heterocycles. The molecule has 0 aliphatic carbocycles. The summed E-state index contributed by atoms with van der Waals surface area (Å²) in [5.74, 6) is -0.0601. The summed E-state index contributed by atoms with van der Waals surface area (Å²) >= 11 is 1.47. The van der Waals surface area contributed by atoms with Crippen molar-refractivity contribution >= 4 is 34.5 Å². The van der Waals surface area contributed by atoms with Gasteiger partial charge in [0.15, 0.2) is 0 Å². The van der Waals surface area contributed by atoms with Crippen LogP contribution >= 0.6 is 11.3 Å². The van der Waals surface area contributed by atoms with Crippen LogP contribution in [0.15, 0.2) is 53.9 Å². The summed E-state index contributed by atoms with van der Waals surface area (Å²) in [6, 6.07) is 15.3. The summed E-state index contributed by atoms with van der Waals surface area (Å²) in [7, 11) is 0. The SMILES string of the molecule is CCCC(=O)Nc1ccc(-c2csc(CC(=O)Nc3ccccc3C)n2)cc1. The van der Waals surface area contributed by atoms with Gasteiger partial charge in [-0.15, -0.1) is 11.3 Å². The molecule has 2 N–H and O–H groups in total. The Morgan fingerprint density at radius 2 is 1.75 bits per heavy atom. The molecule has 28 heavy (non-hydrogen) atoms. The first-order valence-corrected chi connectivity index (χ1v) is 10.1. The number of hydrogen-bond acceptors (Lipinski definition) is 4. The quantitative estimate of drug-likeness (QED) is 0.591. The number of carbonyl (C=O) groups is 2. The largest absolute Gasteiger partial charge is 0.326 e. The Hall–Kier alpha value is -2.99. The molecular formula is C22H23N3O2S. The average Bonchev–Trinajstić information content (AvgIpc) is 3.13. The van der Waals surface area contributed by atoms with Gasteiger partial charge in [0.1, 0.15) is 5.01 Å². The molecule has 144 valence electrons. The van der Waals surface area contributed by atoms with Gasteiger partial charge < -0.3 is 10.6 Å². The van der Waals surface area contributed by atoms with Crippen molar-refractivity contribution in [2.75, 3.05) is 10.6 Å². The van der Waals surface area contributed by atoms with Crippen molar-refractivity contribution in [3.63, 3.8) is 0 Å². The van der Waals surface area contributed by atoms with Crippen molar-refractivity contribution in [1.29, 1.82) is 0 Å². The highest BCUT2D eigenvalue weighted by Crippen LogP contribution is 2.24. The minimum Gasteiger partial charge on any atom is -0.326 e. The van der Waals surface area contributed by atoms with Gasteiger partial charge in [-0.1, -0.05) is 37.3 Å². The van der Waals surface area contributed by atoms with Crippen molar-refractivity contribution in [2.24, 2.45) is 0 Å². The smallest absolute Gasteiger partial charge is 0.231 e. The molecule has 0 fully saturated rings. The summed E-state index contributed by atoms with van der Waals surface area (Å²) < 4.78 is 0. The second kappa shape index (κ2) is 9.28. The fourth-order valence-corrected chi connectivity index (χ4v) is 3.55. The summed E-state index contributed by atoms with van der Waals surface area (Å²) in [5, 5.41) is 8.51. The third kappa shape index (κ3) is 5.27. The number of rotatable bonds is 7. The summed E-state index contributed by atoms with van der Waals surface area (Å²) in [6.07, 6.45) is 1.58. The van der Waals surface area contributed by atoms with E-state index >= 15 is 0 Å². The van der Waals surface area contributed by atoms with E-state index < -0.39 is 0 Å². The topological polar surface area (TPSA) is 71.1 Å². The molecule has 0 spiro atoms. The highest BCUT2D eigenvalue weighted by Gasteiger charge is 2.11. The summed E-state index contributed by atoms with van der Waals surface area (Å²) in [4.78, 5) is 28.5. The number of aryl methyl sites for hydroxylation is 1.